The van der Waals surface area contributed by atoms with Crippen LogP contribution in [0, 0.1) is 0 Å². The molecule has 0 spiro atoms. The Hall–Kier alpha value is -2.54. The van der Waals surface area contributed by atoms with E-state index in [2.05, 4.69) is 5.10 Å². The minimum atomic E-state index is -0.441. The van der Waals surface area contributed by atoms with E-state index in [4.69, 9.17) is 15.3 Å². The van der Waals surface area contributed by atoms with Crippen LogP contribution in [0.5, 0.6) is 11.5 Å². The number of aromatic nitrogens is 2. The van der Waals surface area contributed by atoms with E-state index in [-0.39, 0.29) is 12.4 Å². The van der Waals surface area contributed by atoms with Gasteiger partial charge in [-0.2, -0.15) is 5.10 Å². The van der Waals surface area contributed by atoms with Crippen LogP contribution < -0.4 is 20.7 Å². The van der Waals surface area contributed by atoms with Gasteiger partial charge in [0, 0.05) is 6.20 Å². The lowest BCUT2D eigenvalue weighted by Gasteiger charge is -2.06. The van der Waals surface area contributed by atoms with Gasteiger partial charge in [0.15, 0.2) is 12.4 Å². The van der Waals surface area contributed by atoms with Gasteiger partial charge in [-0.15, -0.1) is 0 Å². The highest BCUT2D eigenvalue weighted by Crippen LogP contribution is 2.17. The molecule has 0 fully saturated rings. The van der Waals surface area contributed by atoms with Crippen molar-refractivity contribution in [3.05, 3.63) is 42.2 Å². The average Bonchev–Trinajstić information content (AvgIpc) is 2.93. The number of nitrogen functional groups attached to an aromatic ring is 1. The number of nitrogens with one attached hydrogen (secondary N) is 1. The molecule has 0 atom stereocenters. The number of methoxy groups -OCH3 is 1. The summed E-state index contributed by atoms with van der Waals surface area (Å²) in [6.45, 7) is 0.199. The molecule has 1 aromatic heterocycles. The molecule has 19 heavy (non-hydrogen) atoms. The van der Waals surface area contributed by atoms with Gasteiger partial charge in [-0.05, 0) is 30.3 Å². The Labute approximate surface area is 109 Å². The SMILES string of the molecule is COc1ccc(OCn2ccc(C(=O)NN)n2)cc1. The predicted molar refractivity (Wildman–Crippen MR) is 67.5 cm³/mol. The van der Waals surface area contributed by atoms with Gasteiger partial charge in [0.2, 0.25) is 0 Å². The molecule has 0 aliphatic rings. The van der Waals surface area contributed by atoms with Gasteiger partial charge in [-0.1, -0.05) is 0 Å². The van der Waals surface area contributed by atoms with Crippen molar-refractivity contribution in [1.29, 1.82) is 0 Å². The number of carbonyl (C=O) groups is 1. The number of nitrogens with zero attached hydrogens (tertiary/aromatic N) is 2. The predicted octanol–water partition coefficient (Wildman–Crippen LogP) is 0.532. The summed E-state index contributed by atoms with van der Waals surface area (Å²) in [5.74, 6) is 6.01. The fourth-order valence-electron chi connectivity index (χ4n) is 1.44. The first-order valence-corrected chi connectivity index (χ1v) is 5.54. The molecule has 2 rings (SSSR count). The van der Waals surface area contributed by atoms with E-state index in [0.717, 1.165) is 5.75 Å². The summed E-state index contributed by atoms with van der Waals surface area (Å²) in [7, 11) is 1.60. The van der Waals surface area contributed by atoms with Crippen molar-refractivity contribution in [1.82, 2.24) is 15.2 Å². The summed E-state index contributed by atoms with van der Waals surface area (Å²) in [5.41, 5.74) is 2.25. The zero-order chi connectivity index (χ0) is 13.7. The van der Waals surface area contributed by atoms with Crippen LogP contribution in [0.3, 0.4) is 0 Å². The molecule has 0 unspecified atom stereocenters. The number of amides is 1. The molecule has 0 bridgehead atoms. The molecule has 1 aromatic carbocycles. The minimum Gasteiger partial charge on any atom is -0.497 e. The molecule has 0 aliphatic heterocycles. The Morgan fingerprint density at radius 3 is 2.63 bits per heavy atom. The van der Waals surface area contributed by atoms with Crippen molar-refractivity contribution in [3.63, 3.8) is 0 Å². The second-order valence-electron chi connectivity index (χ2n) is 3.66. The first-order chi connectivity index (χ1) is 9.22. The van der Waals surface area contributed by atoms with Crippen molar-refractivity contribution in [3.8, 4) is 11.5 Å². The van der Waals surface area contributed by atoms with Crippen LogP contribution >= 0.6 is 0 Å². The smallest absolute Gasteiger partial charge is 0.285 e. The number of hydrogen-bond acceptors (Lipinski definition) is 5. The second-order valence-corrected chi connectivity index (χ2v) is 3.66. The van der Waals surface area contributed by atoms with Gasteiger partial charge in [0.1, 0.15) is 11.5 Å². The Bertz CT molecular complexity index is 550. The van der Waals surface area contributed by atoms with Crippen LogP contribution in [0.25, 0.3) is 0 Å². The molecule has 1 heterocycles. The average molecular weight is 262 g/mol. The molecular formula is C12H14N4O3. The lowest BCUT2D eigenvalue weighted by Crippen LogP contribution is -2.30. The topological polar surface area (TPSA) is 91.4 Å². The summed E-state index contributed by atoms with van der Waals surface area (Å²) < 4.78 is 12.0. The Morgan fingerprint density at radius 1 is 1.32 bits per heavy atom. The summed E-state index contributed by atoms with van der Waals surface area (Å²) in [5, 5.41) is 4.00. The fourth-order valence-corrected chi connectivity index (χ4v) is 1.44. The van der Waals surface area contributed by atoms with Gasteiger partial charge in [-0.25, -0.2) is 10.5 Å². The number of ether oxygens (including phenoxy) is 2. The zero-order valence-corrected chi connectivity index (χ0v) is 10.4. The summed E-state index contributed by atoms with van der Waals surface area (Å²) >= 11 is 0. The van der Waals surface area contributed by atoms with Crippen LogP contribution in [0.4, 0.5) is 0 Å². The monoisotopic (exact) mass is 262 g/mol. The minimum absolute atomic E-state index is 0.199. The van der Waals surface area contributed by atoms with Gasteiger partial charge in [-0.3, -0.25) is 10.2 Å². The van der Waals surface area contributed by atoms with Crippen molar-refractivity contribution in [2.24, 2.45) is 5.84 Å². The first-order valence-electron chi connectivity index (χ1n) is 5.54. The van der Waals surface area contributed by atoms with Crippen molar-refractivity contribution in [2.75, 3.05) is 7.11 Å². The van der Waals surface area contributed by atoms with Crippen LogP contribution in [-0.2, 0) is 6.73 Å². The maximum Gasteiger partial charge on any atom is 0.285 e. The standard InChI is InChI=1S/C12H14N4O3/c1-18-9-2-4-10(5-3-9)19-8-16-7-6-11(15-16)12(17)14-13/h2-7H,8,13H2,1H3,(H,14,17). The molecule has 2 aromatic rings. The second kappa shape index (κ2) is 5.87. The van der Waals surface area contributed by atoms with E-state index in [0.29, 0.717) is 5.75 Å². The van der Waals surface area contributed by atoms with Crippen molar-refractivity contribution < 1.29 is 14.3 Å². The maximum absolute atomic E-state index is 11.2. The fraction of sp³-hybridized carbons (Fsp3) is 0.167. The highest BCUT2D eigenvalue weighted by molar-refractivity contribution is 5.91. The summed E-state index contributed by atoms with van der Waals surface area (Å²) in [4.78, 5) is 11.2. The quantitative estimate of drug-likeness (QED) is 0.466. The number of rotatable bonds is 5. The van der Waals surface area contributed by atoms with Crippen molar-refractivity contribution in [2.45, 2.75) is 6.73 Å². The molecule has 1 amide bonds. The lowest BCUT2D eigenvalue weighted by atomic mass is 10.3. The van der Waals surface area contributed by atoms with E-state index in [1.165, 1.54) is 4.68 Å². The molecular weight excluding hydrogens is 248 g/mol. The lowest BCUT2D eigenvalue weighted by molar-refractivity contribution is 0.0946. The number of nitrogens with two attached hydrogens (primary N) is 1. The van der Waals surface area contributed by atoms with Crippen LogP contribution in [-0.4, -0.2) is 22.8 Å². The van der Waals surface area contributed by atoms with E-state index in [1.54, 1.807) is 43.6 Å². The van der Waals surface area contributed by atoms with E-state index >= 15 is 0 Å². The molecule has 7 nitrogen and oxygen atoms in total. The van der Waals surface area contributed by atoms with Gasteiger partial charge >= 0.3 is 0 Å². The third kappa shape index (κ3) is 3.23. The molecule has 3 N–H and O–H groups in total. The first kappa shape index (κ1) is 12.9. The van der Waals surface area contributed by atoms with E-state index in [1.807, 2.05) is 5.43 Å². The summed E-state index contributed by atoms with van der Waals surface area (Å²) in [6.07, 6.45) is 1.63. The molecule has 7 heteroatoms. The van der Waals surface area contributed by atoms with Crippen LogP contribution in [0.15, 0.2) is 36.5 Å². The molecule has 100 valence electrons. The zero-order valence-electron chi connectivity index (χ0n) is 10.4. The van der Waals surface area contributed by atoms with Crippen LogP contribution in [0.2, 0.25) is 0 Å². The van der Waals surface area contributed by atoms with E-state index in [9.17, 15) is 4.79 Å². The molecule has 0 aliphatic carbocycles. The Kier molecular flexibility index (Phi) is 3.99. The number of hydrogen-bond donors (Lipinski definition) is 2. The number of benzene rings is 1. The Balaban J connectivity index is 1.94. The maximum atomic E-state index is 11.2. The Morgan fingerprint density at radius 2 is 2.00 bits per heavy atom. The molecule has 0 saturated carbocycles. The van der Waals surface area contributed by atoms with Gasteiger partial charge in [0.25, 0.3) is 5.91 Å². The number of hydrazine groups is 1. The molecule has 0 saturated heterocycles. The highest BCUT2D eigenvalue weighted by Gasteiger charge is 2.07. The van der Waals surface area contributed by atoms with E-state index < -0.39 is 5.91 Å². The largest absolute Gasteiger partial charge is 0.497 e. The third-order valence-corrected chi connectivity index (χ3v) is 2.43. The molecule has 0 radical (unpaired) electrons. The number of carbonyl (C=O) groups excluding carboxylic acids is 1. The van der Waals surface area contributed by atoms with Gasteiger partial charge < -0.3 is 9.47 Å². The normalized spacial score (nSPS) is 10.0. The highest BCUT2D eigenvalue weighted by atomic mass is 16.5. The third-order valence-electron chi connectivity index (χ3n) is 2.43. The van der Waals surface area contributed by atoms with Crippen LogP contribution in [0.1, 0.15) is 10.5 Å². The van der Waals surface area contributed by atoms with Crippen molar-refractivity contribution >= 4 is 5.91 Å². The van der Waals surface area contributed by atoms with Gasteiger partial charge in [0.05, 0.1) is 7.11 Å². The summed E-state index contributed by atoms with van der Waals surface area (Å²) in [6, 6.07) is 8.72.